The molecule has 4 heteroatoms. The SMILES string of the molecule is Cc1ccc(C(=O)CCOCC(F)F)cc1C. The Kier molecular flexibility index (Phi) is 5.22. The highest BCUT2D eigenvalue weighted by molar-refractivity contribution is 5.96. The molecule has 0 N–H and O–H groups in total. The highest BCUT2D eigenvalue weighted by Gasteiger charge is 2.08. The number of aryl methyl sites for hydroxylation is 2. The Bertz CT molecular complexity index is 389. The topological polar surface area (TPSA) is 26.3 Å². The Morgan fingerprint density at radius 1 is 1.29 bits per heavy atom. The molecule has 0 saturated heterocycles. The summed E-state index contributed by atoms with van der Waals surface area (Å²) in [6, 6.07) is 5.44. The van der Waals surface area contributed by atoms with Crippen LogP contribution in [0, 0.1) is 13.8 Å². The lowest BCUT2D eigenvalue weighted by atomic mass is 10.0. The Balaban J connectivity index is 2.44. The van der Waals surface area contributed by atoms with Gasteiger partial charge in [0.05, 0.1) is 6.61 Å². The fourth-order valence-corrected chi connectivity index (χ4v) is 1.40. The summed E-state index contributed by atoms with van der Waals surface area (Å²) in [5.74, 6) is -0.0811. The molecule has 0 heterocycles. The van der Waals surface area contributed by atoms with Crippen LogP contribution in [-0.4, -0.2) is 25.4 Å². The van der Waals surface area contributed by atoms with Crippen LogP contribution < -0.4 is 0 Å². The van der Waals surface area contributed by atoms with Crippen molar-refractivity contribution in [2.24, 2.45) is 0 Å². The number of carbonyl (C=O) groups excluding carboxylic acids is 1. The van der Waals surface area contributed by atoms with E-state index in [1.165, 1.54) is 0 Å². The molecular formula is C13H16F2O2. The standard InChI is InChI=1S/C13H16F2O2/c1-9-3-4-11(7-10(9)2)12(16)5-6-17-8-13(14)15/h3-4,7,13H,5-6,8H2,1-2H3. The number of hydrogen-bond acceptors (Lipinski definition) is 2. The Morgan fingerprint density at radius 3 is 2.59 bits per heavy atom. The minimum absolute atomic E-state index is 0.0378. The first-order valence-electron chi connectivity index (χ1n) is 5.47. The minimum Gasteiger partial charge on any atom is -0.375 e. The molecular weight excluding hydrogens is 226 g/mol. The number of hydrogen-bond donors (Lipinski definition) is 0. The van der Waals surface area contributed by atoms with E-state index in [2.05, 4.69) is 4.74 Å². The van der Waals surface area contributed by atoms with Crippen molar-refractivity contribution in [1.82, 2.24) is 0 Å². The molecule has 0 saturated carbocycles. The fourth-order valence-electron chi connectivity index (χ4n) is 1.40. The minimum atomic E-state index is -2.48. The van der Waals surface area contributed by atoms with Crippen LogP contribution in [0.15, 0.2) is 18.2 Å². The summed E-state index contributed by atoms with van der Waals surface area (Å²) in [4.78, 5) is 11.7. The lowest BCUT2D eigenvalue weighted by molar-refractivity contribution is 0.0170. The van der Waals surface area contributed by atoms with Gasteiger partial charge in [0.1, 0.15) is 6.61 Å². The molecule has 1 aromatic rings. The van der Waals surface area contributed by atoms with E-state index in [-0.39, 0.29) is 18.8 Å². The molecule has 0 unspecified atom stereocenters. The second-order valence-electron chi connectivity index (χ2n) is 3.94. The maximum atomic E-state index is 11.8. The summed E-state index contributed by atoms with van der Waals surface area (Å²) in [5, 5.41) is 0. The van der Waals surface area contributed by atoms with E-state index in [1.807, 2.05) is 26.0 Å². The highest BCUT2D eigenvalue weighted by atomic mass is 19.3. The van der Waals surface area contributed by atoms with Crippen LogP contribution in [0.2, 0.25) is 0 Å². The van der Waals surface area contributed by atoms with E-state index < -0.39 is 13.0 Å². The van der Waals surface area contributed by atoms with E-state index in [0.717, 1.165) is 11.1 Å². The molecule has 2 nitrogen and oxygen atoms in total. The number of rotatable bonds is 6. The Labute approximate surface area is 99.6 Å². The zero-order valence-corrected chi connectivity index (χ0v) is 10.0. The molecule has 0 aliphatic heterocycles. The van der Waals surface area contributed by atoms with E-state index in [9.17, 15) is 13.6 Å². The van der Waals surface area contributed by atoms with Crippen molar-refractivity contribution in [3.63, 3.8) is 0 Å². The number of ether oxygens (including phenoxy) is 1. The van der Waals surface area contributed by atoms with Crippen molar-refractivity contribution in [3.05, 3.63) is 34.9 Å². The molecule has 0 radical (unpaired) electrons. The summed E-state index contributed by atoms with van der Waals surface area (Å²) < 4.78 is 28.2. The van der Waals surface area contributed by atoms with Gasteiger partial charge in [-0.1, -0.05) is 12.1 Å². The molecule has 94 valence electrons. The maximum Gasteiger partial charge on any atom is 0.261 e. The van der Waals surface area contributed by atoms with Gasteiger partial charge in [-0.2, -0.15) is 0 Å². The van der Waals surface area contributed by atoms with Gasteiger partial charge in [-0.3, -0.25) is 4.79 Å². The Morgan fingerprint density at radius 2 is 2.00 bits per heavy atom. The van der Waals surface area contributed by atoms with Crippen LogP contribution in [0.5, 0.6) is 0 Å². The van der Waals surface area contributed by atoms with Gasteiger partial charge in [-0.05, 0) is 31.0 Å². The molecule has 0 bridgehead atoms. The zero-order valence-electron chi connectivity index (χ0n) is 10.0. The molecule has 0 atom stereocenters. The fraction of sp³-hybridized carbons (Fsp3) is 0.462. The average molecular weight is 242 g/mol. The third-order valence-electron chi connectivity index (χ3n) is 2.55. The predicted molar refractivity (Wildman–Crippen MR) is 61.7 cm³/mol. The van der Waals surface area contributed by atoms with Gasteiger partial charge < -0.3 is 4.74 Å². The summed E-state index contributed by atoms with van der Waals surface area (Å²) in [6.07, 6.45) is -2.35. The van der Waals surface area contributed by atoms with Gasteiger partial charge in [0.25, 0.3) is 6.43 Å². The third kappa shape index (κ3) is 4.61. The predicted octanol–water partition coefficient (Wildman–Crippen LogP) is 3.16. The third-order valence-corrected chi connectivity index (χ3v) is 2.55. The van der Waals surface area contributed by atoms with E-state index in [1.54, 1.807) is 6.07 Å². The Hall–Kier alpha value is -1.29. The van der Waals surface area contributed by atoms with Gasteiger partial charge in [-0.25, -0.2) is 8.78 Å². The number of benzene rings is 1. The number of Topliss-reactive ketones (excluding diaryl/α,β-unsaturated/α-hetero) is 1. The van der Waals surface area contributed by atoms with Crippen LogP contribution in [0.25, 0.3) is 0 Å². The number of carbonyl (C=O) groups is 1. The molecule has 0 fully saturated rings. The summed E-state index contributed by atoms with van der Waals surface area (Å²) >= 11 is 0. The van der Waals surface area contributed by atoms with Gasteiger partial charge in [-0.15, -0.1) is 0 Å². The second kappa shape index (κ2) is 6.45. The van der Waals surface area contributed by atoms with Crippen LogP contribution in [0.4, 0.5) is 8.78 Å². The van der Waals surface area contributed by atoms with Crippen LogP contribution >= 0.6 is 0 Å². The van der Waals surface area contributed by atoms with Gasteiger partial charge >= 0.3 is 0 Å². The van der Waals surface area contributed by atoms with Crippen molar-refractivity contribution >= 4 is 5.78 Å². The van der Waals surface area contributed by atoms with Crippen LogP contribution in [0.3, 0.4) is 0 Å². The first-order valence-corrected chi connectivity index (χ1v) is 5.47. The van der Waals surface area contributed by atoms with Crippen molar-refractivity contribution in [2.45, 2.75) is 26.7 Å². The van der Waals surface area contributed by atoms with E-state index in [0.29, 0.717) is 5.56 Å². The number of alkyl halides is 2. The van der Waals surface area contributed by atoms with Crippen molar-refractivity contribution in [1.29, 1.82) is 0 Å². The monoisotopic (exact) mass is 242 g/mol. The normalized spacial score (nSPS) is 10.9. The molecule has 0 aliphatic rings. The van der Waals surface area contributed by atoms with Gasteiger partial charge in [0, 0.05) is 12.0 Å². The molecule has 0 spiro atoms. The molecule has 0 aliphatic carbocycles. The van der Waals surface area contributed by atoms with Crippen LogP contribution in [0.1, 0.15) is 27.9 Å². The van der Waals surface area contributed by atoms with Gasteiger partial charge in [0.15, 0.2) is 5.78 Å². The molecule has 1 rings (SSSR count). The second-order valence-corrected chi connectivity index (χ2v) is 3.94. The lowest BCUT2D eigenvalue weighted by Gasteiger charge is -2.05. The first-order chi connectivity index (χ1) is 8.00. The first kappa shape index (κ1) is 13.8. The molecule has 0 aromatic heterocycles. The van der Waals surface area contributed by atoms with Gasteiger partial charge in [0.2, 0.25) is 0 Å². The maximum absolute atomic E-state index is 11.8. The van der Waals surface area contributed by atoms with Crippen molar-refractivity contribution < 1.29 is 18.3 Å². The van der Waals surface area contributed by atoms with E-state index in [4.69, 9.17) is 0 Å². The smallest absolute Gasteiger partial charge is 0.261 e. The molecule has 1 aromatic carbocycles. The molecule has 17 heavy (non-hydrogen) atoms. The summed E-state index contributed by atoms with van der Waals surface area (Å²) in [7, 11) is 0. The number of ketones is 1. The highest BCUT2D eigenvalue weighted by Crippen LogP contribution is 2.11. The van der Waals surface area contributed by atoms with E-state index >= 15 is 0 Å². The zero-order chi connectivity index (χ0) is 12.8. The molecule has 0 amide bonds. The van der Waals surface area contributed by atoms with Crippen molar-refractivity contribution in [3.8, 4) is 0 Å². The quantitative estimate of drug-likeness (QED) is 0.565. The summed E-state index contributed by atoms with van der Waals surface area (Å²) in [6.45, 7) is 3.32. The number of halogens is 2. The lowest BCUT2D eigenvalue weighted by Crippen LogP contribution is -2.09. The van der Waals surface area contributed by atoms with Crippen molar-refractivity contribution in [2.75, 3.05) is 13.2 Å². The largest absolute Gasteiger partial charge is 0.375 e. The summed E-state index contributed by atoms with van der Waals surface area (Å²) in [5.41, 5.74) is 2.77. The van der Waals surface area contributed by atoms with Crippen LogP contribution in [-0.2, 0) is 4.74 Å². The average Bonchev–Trinajstić information content (AvgIpc) is 2.27.